The van der Waals surface area contributed by atoms with Crippen LogP contribution in [-0.4, -0.2) is 35.9 Å². The third-order valence-corrected chi connectivity index (χ3v) is 3.94. The van der Waals surface area contributed by atoms with Gasteiger partial charge in [-0.2, -0.15) is 0 Å². The maximum absolute atomic E-state index is 11.7. The number of nitrogens with one attached hydrogen (secondary N) is 2. The lowest BCUT2D eigenvalue weighted by atomic mass is 9.87. The van der Waals surface area contributed by atoms with E-state index in [-0.39, 0.29) is 18.2 Å². The second kappa shape index (κ2) is 8.76. The second-order valence-corrected chi connectivity index (χ2v) is 5.92. The number of alkyl carbamates (subject to hydrolysis) is 1. The van der Waals surface area contributed by atoms with Crippen LogP contribution in [0.4, 0.5) is 4.79 Å². The van der Waals surface area contributed by atoms with E-state index in [1.165, 1.54) is 0 Å². The first-order valence-corrected chi connectivity index (χ1v) is 8.06. The van der Waals surface area contributed by atoms with Gasteiger partial charge in [0.1, 0.15) is 6.61 Å². The van der Waals surface area contributed by atoms with E-state index in [1.807, 2.05) is 30.3 Å². The highest BCUT2D eigenvalue weighted by Gasteiger charge is 2.30. The monoisotopic (exact) mass is 306 g/mol. The number of rotatable bonds is 8. The molecule has 1 aromatic carbocycles. The van der Waals surface area contributed by atoms with Crippen molar-refractivity contribution in [2.45, 2.75) is 57.4 Å². The summed E-state index contributed by atoms with van der Waals surface area (Å²) in [7, 11) is 0. The molecule has 0 aliphatic heterocycles. The summed E-state index contributed by atoms with van der Waals surface area (Å²) in [6.07, 6.45) is 2.96. The lowest BCUT2D eigenvalue weighted by molar-refractivity contribution is 0.119. The van der Waals surface area contributed by atoms with Crippen LogP contribution in [0.25, 0.3) is 0 Å². The Morgan fingerprint density at radius 2 is 2.05 bits per heavy atom. The highest BCUT2D eigenvalue weighted by molar-refractivity contribution is 5.67. The van der Waals surface area contributed by atoms with E-state index in [0.717, 1.165) is 31.2 Å². The number of ether oxygens (including phenoxy) is 1. The average molecular weight is 306 g/mol. The molecule has 1 aliphatic carbocycles. The Bertz CT molecular complexity index is 446. The molecule has 2 rings (SSSR count). The van der Waals surface area contributed by atoms with Crippen LogP contribution in [0.5, 0.6) is 0 Å². The molecule has 0 aromatic heterocycles. The van der Waals surface area contributed by atoms with Crippen molar-refractivity contribution < 1.29 is 14.6 Å². The van der Waals surface area contributed by atoms with Gasteiger partial charge in [0.25, 0.3) is 0 Å². The van der Waals surface area contributed by atoms with Crippen molar-refractivity contribution in [3.8, 4) is 0 Å². The standard InChI is InChI=1S/C17H26N2O3/c1-2-6-16(20)11-18-14-9-15(10-14)19-17(21)22-12-13-7-4-3-5-8-13/h3-5,7-8,14-16,18,20H,2,6,9-12H2,1H3,(H,19,21). The van der Waals surface area contributed by atoms with Gasteiger partial charge in [-0.1, -0.05) is 43.7 Å². The predicted molar refractivity (Wildman–Crippen MR) is 85.5 cm³/mol. The fourth-order valence-corrected chi connectivity index (χ4v) is 2.57. The van der Waals surface area contributed by atoms with Crippen molar-refractivity contribution in [1.29, 1.82) is 0 Å². The molecule has 5 heteroatoms. The largest absolute Gasteiger partial charge is 0.445 e. The van der Waals surface area contributed by atoms with Gasteiger partial charge in [0, 0.05) is 18.6 Å². The minimum atomic E-state index is -0.363. The van der Waals surface area contributed by atoms with E-state index in [2.05, 4.69) is 17.6 Å². The molecule has 0 radical (unpaired) electrons. The van der Waals surface area contributed by atoms with Gasteiger partial charge >= 0.3 is 6.09 Å². The number of aliphatic hydroxyl groups is 1. The molecule has 122 valence electrons. The van der Waals surface area contributed by atoms with Crippen LogP contribution in [0.2, 0.25) is 0 Å². The number of benzene rings is 1. The zero-order valence-electron chi connectivity index (χ0n) is 13.1. The topological polar surface area (TPSA) is 70.6 Å². The minimum absolute atomic E-state index is 0.170. The van der Waals surface area contributed by atoms with E-state index in [0.29, 0.717) is 19.2 Å². The molecule has 0 saturated heterocycles. The lowest BCUT2D eigenvalue weighted by Crippen LogP contribution is -2.53. The first kappa shape index (κ1) is 16.8. The smallest absolute Gasteiger partial charge is 0.407 e. The minimum Gasteiger partial charge on any atom is -0.445 e. The summed E-state index contributed by atoms with van der Waals surface area (Å²) >= 11 is 0. The molecule has 1 fully saturated rings. The van der Waals surface area contributed by atoms with Gasteiger partial charge in [-0.3, -0.25) is 0 Å². The van der Waals surface area contributed by atoms with Crippen molar-refractivity contribution in [1.82, 2.24) is 10.6 Å². The van der Waals surface area contributed by atoms with Crippen LogP contribution in [0.3, 0.4) is 0 Å². The van der Waals surface area contributed by atoms with Crippen LogP contribution in [0.15, 0.2) is 30.3 Å². The van der Waals surface area contributed by atoms with E-state index >= 15 is 0 Å². The maximum Gasteiger partial charge on any atom is 0.407 e. The van der Waals surface area contributed by atoms with Crippen molar-refractivity contribution in [3.63, 3.8) is 0 Å². The van der Waals surface area contributed by atoms with Gasteiger partial charge in [0.15, 0.2) is 0 Å². The molecule has 1 unspecified atom stereocenters. The first-order valence-electron chi connectivity index (χ1n) is 8.06. The van der Waals surface area contributed by atoms with Gasteiger partial charge < -0.3 is 20.5 Å². The highest BCUT2D eigenvalue weighted by Crippen LogP contribution is 2.20. The van der Waals surface area contributed by atoms with Crippen molar-refractivity contribution in [2.75, 3.05) is 6.54 Å². The van der Waals surface area contributed by atoms with Crippen molar-refractivity contribution in [2.24, 2.45) is 0 Å². The molecule has 1 amide bonds. The highest BCUT2D eigenvalue weighted by atomic mass is 16.5. The van der Waals surface area contributed by atoms with E-state index in [1.54, 1.807) is 0 Å². The van der Waals surface area contributed by atoms with Gasteiger partial charge in [-0.15, -0.1) is 0 Å². The summed E-state index contributed by atoms with van der Waals surface area (Å²) in [6.45, 7) is 2.99. The summed E-state index contributed by atoms with van der Waals surface area (Å²) in [4.78, 5) is 11.7. The molecule has 22 heavy (non-hydrogen) atoms. The zero-order chi connectivity index (χ0) is 15.8. The summed E-state index contributed by atoms with van der Waals surface area (Å²) in [6, 6.07) is 10.2. The number of hydrogen-bond donors (Lipinski definition) is 3. The van der Waals surface area contributed by atoms with Crippen molar-refractivity contribution in [3.05, 3.63) is 35.9 Å². The molecule has 0 heterocycles. The van der Waals surface area contributed by atoms with Gasteiger partial charge in [0.05, 0.1) is 6.10 Å². The maximum atomic E-state index is 11.7. The van der Waals surface area contributed by atoms with E-state index in [4.69, 9.17) is 4.74 Å². The summed E-state index contributed by atoms with van der Waals surface area (Å²) in [5.41, 5.74) is 0.982. The molecule has 1 aromatic rings. The van der Waals surface area contributed by atoms with Crippen LogP contribution in [-0.2, 0) is 11.3 Å². The Labute approximate surface area is 132 Å². The third-order valence-electron chi connectivity index (χ3n) is 3.94. The molecule has 1 atom stereocenters. The Hall–Kier alpha value is -1.59. The Morgan fingerprint density at radius 1 is 1.32 bits per heavy atom. The fraction of sp³-hybridized carbons (Fsp3) is 0.588. The van der Waals surface area contributed by atoms with E-state index < -0.39 is 0 Å². The SMILES string of the molecule is CCCC(O)CNC1CC(NC(=O)OCc2ccccc2)C1. The quantitative estimate of drug-likeness (QED) is 0.688. The van der Waals surface area contributed by atoms with Gasteiger partial charge in [0.2, 0.25) is 0 Å². The molecular formula is C17H26N2O3. The second-order valence-electron chi connectivity index (χ2n) is 5.92. The summed E-state index contributed by atoms with van der Waals surface area (Å²) in [5, 5.41) is 15.8. The molecule has 0 spiro atoms. The van der Waals surface area contributed by atoms with Gasteiger partial charge in [-0.05, 0) is 24.8 Å². The molecule has 0 bridgehead atoms. The lowest BCUT2D eigenvalue weighted by Gasteiger charge is -2.36. The molecule has 1 saturated carbocycles. The van der Waals surface area contributed by atoms with Crippen LogP contribution in [0.1, 0.15) is 38.2 Å². The fourth-order valence-electron chi connectivity index (χ4n) is 2.57. The number of carbonyl (C=O) groups is 1. The number of carbonyl (C=O) groups excluding carboxylic acids is 1. The van der Waals surface area contributed by atoms with E-state index in [9.17, 15) is 9.90 Å². The van der Waals surface area contributed by atoms with Crippen LogP contribution in [0, 0.1) is 0 Å². The summed E-state index contributed by atoms with van der Waals surface area (Å²) in [5.74, 6) is 0. The normalized spacial score (nSPS) is 21.7. The average Bonchev–Trinajstić information content (AvgIpc) is 2.48. The molecular weight excluding hydrogens is 280 g/mol. The van der Waals surface area contributed by atoms with Crippen LogP contribution >= 0.6 is 0 Å². The number of hydrogen-bond acceptors (Lipinski definition) is 4. The van der Waals surface area contributed by atoms with Crippen LogP contribution < -0.4 is 10.6 Å². The first-order chi connectivity index (χ1) is 10.7. The van der Waals surface area contributed by atoms with Crippen molar-refractivity contribution >= 4 is 6.09 Å². The number of amides is 1. The molecule has 1 aliphatic rings. The zero-order valence-corrected chi connectivity index (χ0v) is 13.1. The Balaban J connectivity index is 1.54. The third kappa shape index (κ3) is 5.66. The number of aliphatic hydroxyl groups excluding tert-OH is 1. The summed E-state index contributed by atoms with van der Waals surface area (Å²) < 4.78 is 5.19. The van der Waals surface area contributed by atoms with Gasteiger partial charge in [-0.25, -0.2) is 4.79 Å². The molecule has 3 N–H and O–H groups in total. The Morgan fingerprint density at radius 3 is 2.73 bits per heavy atom. The predicted octanol–water partition coefficient (Wildman–Crippen LogP) is 2.19. The molecule has 5 nitrogen and oxygen atoms in total. The Kier molecular flexibility index (Phi) is 6.68.